The molecule has 0 aliphatic carbocycles. The van der Waals surface area contributed by atoms with Gasteiger partial charge >= 0.3 is 12.2 Å². The predicted octanol–water partition coefficient (Wildman–Crippen LogP) is 4.90. The first-order valence-corrected chi connectivity index (χ1v) is 10.8. The highest BCUT2D eigenvalue weighted by Gasteiger charge is 2.30. The van der Waals surface area contributed by atoms with Crippen molar-refractivity contribution < 1.29 is 18.0 Å². The number of aliphatic imine (C=N–C) groups is 1. The summed E-state index contributed by atoms with van der Waals surface area (Å²) in [6, 6.07) is 9.62. The Kier molecular flexibility index (Phi) is 8.18. The number of hydrazine groups is 2. The number of carbonyl (C=O) groups is 1. The Morgan fingerprint density at radius 1 is 1.17 bits per heavy atom. The van der Waals surface area contributed by atoms with Crippen LogP contribution in [0, 0.1) is 6.92 Å². The predicted molar refractivity (Wildman–Crippen MR) is 119 cm³/mol. The molecule has 0 radical (unpaired) electrons. The van der Waals surface area contributed by atoms with E-state index in [0.29, 0.717) is 15.8 Å². The van der Waals surface area contributed by atoms with Gasteiger partial charge in [-0.25, -0.2) is 26.5 Å². The van der Waals surface area contributed by atoms with Gasteiger partial charge in [-0.1, -0.05) is 30.0 Å². The number of carbonyl (C=O) groups excluding carboxylic acids is 1. The summed E-state index contributed by atoms with van der Waals surface area (Å²) in [5, 5.41) is 1.84. The van der Waals surface area contributed by atoms with Gasteiger partial charge in [-0.15, -0.1) is 11.8 Å². The maximum Gasteiger partial charge on any atom is 0.416 e. The molecular weight excluding hydrogens is 435 g/mol. The van der Waals surface area contributed by atoms with Gasteiger partial charge in [0.25, 0.3) is 0 Å². The number of thioether (sulfide) groups is 2. The van der Waals surface area contributed by atoms with Crippen LogP contribution in [-0.4, -0.2) is 28.7 Å². The summed E-state index contributed by atoms with van der Waals surface area (Å²) < 4.78 is 39.4. The molecule has 0 spiro atoms. The molecule has 2 rings (SSSR count). The van der Waals surface area contributed by atoms with Crippen LogP contribution >= 0.6 is 23.5 Å². The number of nitrogens with two attached hydrogens (primary N) is 2. The summed E-state index contributed by atoms with van der Waals surface area (Å²) in [5.41, 5.74) is 1.66. The Hall–Kier alpha value is -2.21. The molecule has 30 heavy (non-hydrogen) atoms. The van der Waals surface area contributed by atoms with Gasteiger partial charge in [-0.05, 0) is 48.6 Å². The lowest BCUT2D eigenvalue weighted by Crippen LogP contribution is -2.49. The number of alkyl halides is 3. The Labute approximate surface area is 181 Å². The number of hydrogen-bond donors (Lipinski definition) is 2. The van der Waals surface area contributed by atoms with Gasteiger partial charge in [0.15, 0.2) is 0 Å². The van der Waals surface area contributed by atoms with E-state index in [2.05, 4.69) is 4.99 Å². The highest BCUT2D eigenvalue weighted by molar-refractivity contribution is 8.38. The van der Waals surface area contributed by atoms with Crippen LogP contribution in [0.1, 0.15) is 16.7 Å². The quantitative estimate of drug-likeness (QED) is 0.224. The Morgan fingerprint density at radius 3 is 2.43 bits per heavy atom. The zero-order valence-corrected chi connectivity index (χ0v) is 18.2. The molecule has 2 amide bonds. The van der Waals surface area contributed by atoms with E-state index in [4.69, 9.17) is 11.7 Å². The second-order valence-electron chi connectivity index (χ2n) is 6.25. The van der Waals surface area contributed by atoms with Crippen molar-refractivity contribution in [1.29, 1.82) is 0 Å². The third-order valence-electron chi connectivity index (χ3n) is 4.06. The summed E-state index contributed by atoms with van der Waals surface area (Å²) in [6.45, 7) is 1.88. The van der Waals surface area contributed by atoms with E-state index >= 15 is 0 Å². The van der Waals surface area contributed by atoms with Crippen LogP contribution in [0.15, 0.2) is 47.5 Å². The minimum atomic E-state index is -4.43. The molecule has 0 saturated heterocycles. The molecule has 0 atom stereocenters. The van der Waals surface area contributed by atoms with Crippen LogP contribution < -0.4 is 16.7 Å². The SMILES string of the molecule is CS/C(=N/c1cccc(C(F)(F)F)c1)SCc1c(C)cccc1N(N)C(=O)N(C)N. The molecule has 0 fully saturated rings. The molecule has 0 aromatic heterocycles. The van der Waals surface area contributed by atoms with Crippen molar-refractivity contribution in [3.8, 4) is 0 Å². The summed E-state index contributed by atoms with van der Waals surface area (Å²) >= 11 is 2.66. The second kappa shape index (κ2) is 10.2. The van der Waals surface area contributed by atoms with Crippen LogP contribution in [0.5, 0.6) is 0 Å². The number of halogens is 3. The molecule has 0 aliphatic rings. The van der Waals surface area contributed by atoms with Crippen molar-refractivity contribution in [2.45, 2.75) is 18.9 Å². The number of anilines is 1. The maximum absolute atomic E-state index is 12.9. The lowest BCUT2D eigenvalue weighted by atomic mass is 10.1. The molecule has 0 unspecified atom stereocenters. The fourth-order valence-electron chi connectivity index (χ4n) is 2.50. The van der Waals surface area contributed by atoms with E-state index in [0.717, 1.165) is 33.3 Å². The number of urea groups is 1. The minimum Gasteiger partial charge on any atom is -0.264 e. The fraction of sp³-hybridized carbons (Fsp3) is 0.263. The topological polar surface area (TPSA) is 88.0 Å². The highest BCUT2D eigenvalue weighted by Crippen LogP contribution is 2.33. The zero-order chi connectivity index (χ0) is 22.5. The van der Waals surface area contributed by atoms with Crippen LogP contribution in [-0.2, 0) is 11.9 Å². The lowest BCUT2D eigenvalue weighted by Gasteiger charge is -2.24. The highest BCUT2D eigenvalue weighted by atomic mass is 32.2. The Bertz CT molecular complexity index is 935. The second-order valence-corrected chi connectivity index (χ2v) is 8.27. The number of rotatable bonds is 4. The van der Waals surface area contributed by atoms with E-state index in [1.54, 1.807) is 18.4 Å². The van der Waals surface area contributed by atoms with Crippen LogP contribution in [0.4, 0.5) is 29.3 Å². The van der Waals surface area contributed by atoms with Gasteiger partial charge in [0, 0.05) is 12.8 Å². The molecule has 0 saturated carbocycles. The molecule has 0 heterocycles. The fourth-order valence-corrected chi connectivity index (χ4v) is 4.16. The van der Waals surface area contributed by atoms with Crippen molar-refractivity contribution in [2.75, 3.05) is 18.3 Å². The average molecular weight is 458 g/mol. The van der Waals surface area contributed by atoms with E-state index < -0.39 is 17.8 Å². The summed E-state index contributed by atoms with van der Waals surface area (Å²) in [5.74, 6) is 11.8. The number of benzene rings is 2. The van der Waals surface area contributed by atoms with Crippen molar-refractivity contribution >= 4 is 45.3 Å². The lowest BCUT2D eigenvalue weighted by molar-refractivity contribution is -0.137. The van der Waals surface area contributed by atoms with Gasteiger partial charge in [0.2, 0.25) is 0 Å². The Balaban J connectivity index is 2.27. The van der Waals surface area contributed by atoms with Crippen molar-refractivity contribution in [1.82, 2.24) is 5.01 Å². The Morgan fingerprint density at radius 2 is 1.83 bits per heavy atom. The minimum absolute atomic E-state index is 0.215. The molecule has 2 aromatic carbocycles. The smallest absolute Gasteiger partial charge is 0.264 e. The van der Waals surface area contributed by atoms with E-state index in [-0.39, 0.29) is 5.69 Å². The molecule has 0 aliphatic heterocycles. The van der Waals surface area contributed by atoms with E-state index in [9.17, 15) is 18.0 Å². The van der Waals surface area contributed by atoms with Gasteiger partial charge < -0.3 is 0 Å². The molecular formula is C19H22F3N5OS2. The molecule has 11 heteroatoms. The largest absolute Gasteiger partial charge is 0.416 e. The number of amides is 2. The number of nitrogens with zero attached hydrogens (tertiary/aromatic N) is 3. The zero-order valence-electron chi connectivity index (χ0n) is 16.6. The van der Waals surface area contributed by atoms with Gasteiger partial charge in [-0.3, -0.25) is 5.01 Å². The monoisotopic (exact) mass is 457 g/mol. The average Bonchev–Trinajstić information content (AvgIpc) is 2.70. The van der Waals surface area contributed by atoms with Crippen molar-refractivity contribution in [2.24, 2.45) is 16.7 Å². The molecule has 0 bridgehead atoms. The standard InChI is InChI=1S/C19H22F3N5OS2/c1-12-6-4-9-16(27(24)18(28)26(2)23)15(12)11-30-17(29-3)25-14-8-5-7-13(10-14)19(20,21)22/h4-10H,11,23-24H2,1-3H3/b25-17-. The van der Waals surface area contributed by atoms with Crippen molar-refractivity contribution in [3.63, 3.8) is 0 Å². The van der Waals surface area contributed by atoms with E-state index in [1.807, 2.05) is 13.0 Å². The normalized spacial score (nSPS) is 12.1. The third-order valence-corrected chi connectivity index (χ3v) is 6.13. The van der Waals surface area contributed by atoms with Crippen LogP contribution in [0.25, 0.3) is 0 Å². The molecule has 6 nitrogen and oxygen atoms in total. The van der Waals surface area contributed by atoms with Gasteiger partial charge in [0.05, 0.1) is 16.9 Å². The first-order valence-electron chi connectivity index (χ1n) is 8.63. The number of aryl methyl sites for hydroxylation is 1. The molecule has 4 N–H and O–H groups in total. The van der Waals surface area contributed by atoms with Gasteiger partial charge in [0.1, 0.15) is 4.38 Å². The first-order chi connectivity index (χ1) is 14.0. The van der Waals surface area contributed by atoms with Crippen LogP contribution in [0.2, 0.25) is 0 Å². The van der Waals surface area contributed by atoms with Gasteiger partial charge in [-0.2, -0.15) is 13.2 Å². The summed E-state index contributed by atoms with van der Waals surface area (Å²) in [7, 11) is 1.39. The maximum atomic E-state index is 12.9. The third kappa shape index (κ3) is 6.14. The van der Waals surface area contributed by atoms with Crippen LogP contribution in [0.3, 0.4) is 0 Å². The van der Waals surface area contributed by atoms with Crippen molar-refractivity contribution in [3.05, 3.63) is 59.2 Å². The first kappa shape index (κ1) is 24.1. The summed E-state index contributed by atoms with van der Waals surface area (Å²) in [6.07, 6.45) is -2.64. The number of hydrogen-bond acceptors (Lipinski definition) is 6. The molecule has 162 valence electrons. The molecule has 2 aromatic rings. The summed E-state index contributed by atoms with van der Waals surface area (Å²) in [4.78, 5) is 16.5. The van der Waals surface area contributed by atoms with E-state index in [1.165, 1.54) is 42.7 Å².